The highest BCUT2D eigenvalue weighted by Gasteiger charge is 2.22. The first-order chi connectivity index (χ1) is 6.62. The van der Waals surface area contributed by atoms with E-state index in [0.717, 1.165) is 4.90 Å². The maximum absolute atomic E-state index is 4.57. The Labute approximate surface area is 101 Å². The third-order valence-electron chi connectivity index (χ3n) is 2.67. The van der Waals surface area contributed by atoms with Gasteiger partial charge in [0.05, 0.1) is 8.07 Å². The number of hydrogen-bond acceptors (Lipinski definition) is 1. The van der Waals surface area contributed by atoms with Gasteiger partial charge >= 0.3 is 0 Å². The molecule has 1 aromatic rings. The molecule has 2 heteroatoms. The fourth-order valence-electron chi connectivity index (χ4n) is 1.60. The van der Waals surface area contributed by atoms with E-state index in [0.29, 0.717) is 0 Å². The molecule has 0 bridgehead atoms. The van der Waals surface area contributed by atoms with Crippen molar-refractivity contribution in [2.24, 2.45) is 0 Å². The molecular weight excluding hydrogens is 216 g/mol. The van der Waals surface area contributed by atoms with Gasteiger partial charge in [-0.25, -0.2) is 0 Å². The zero-order valence-corrected chi connectivity index (χ0v) is 12.6. The quantitative estimate of drug-likeness (QED) is 0.558. The summed E-state index contributed by atoms with van der Waals surface area (Å²) in [6.45, 7) is 13.9. The topological polar surface area (TPSA) is 0 Å². The second-order valence-electron chi connectivity index (χ2n) is 6.23. The molecule has 0 aliphatic rings. The van der Waals surface area contributed by atoms with Crippen LogP contribution in [0.5, 0.6) is 0 Å². The van der Waals surface area contributed by atoms with E-state index in [9.17, 15) is 0 Å². The molecule has 0 unspecified atom stereocenters. The number of benzene rings is 1. The van der Waals surface area contributed by atoms with Gasteiger partial charge in [0, 0.05) is 4.90 Å². The van der Waals surface area contributed by atoms with Crippen LogP contribution in [0.3, 0.4) is 0 Å². The summed E-state index contributed by atoms with van der Waals surface area (Å²) in [7, 11) is -1.26. The minimum absolute atomic E-state index is 0.232. The van der Waals surface area contributed by atoms with Gasteiger partial charge in [-0.2, -0.15) is 0 Å². The summed E-state index contributed by atoms with van der Waals surface area (Å²) in [5.41, 5.74) is 1.65. The summed E-state index contributed by atoms with van der Waals surface area (Å²) in [5.74, 6) is 0. The summed E-state index contributed by atoms with van der Waals surface area (Å²) in [6, 6.07) is 6.71. The van der Waals surface area contributed by atoms with Crippen LogP contribution in [-0.2, 0) is 5.41 Å². The van der Waals surface area contributed by atoms with Crippen molar-refractivity contribution in [3.63, 3.8) is 0 Å². The van der Waals surface area contributed by atoms with E-state index < -0.39 is 8.07 Å². The normalized spacial score (nSPS) is 13.0. The molecule has 0 N–H and O–H groups in total. The molecule has 0 nitrogen and oxygen atoms in total. The predicted molar refractivity (Wildman–Crippen MR) is 75.4 cm³/mol. The Kier molecular flexibility index (Phi) is 3.41. The molecule has 0 amide bonds. The first kappa shape index (κ1) is 12.9. The highest BCUT2D eigenvalue weighted by molar-refractivity contribution is 7.80. The van der Waals surface area contributed by atoms with E-state index in [4.69, 9.17) is 0 Å². The van der Waals surface area contributed by atoms with Gasteiger partial charge < -0.3 is 0 Å². The average molecular weight is 238 g/mol. The van der Waals surface area contributed by atoms with Crippen LogP contribution in [0, 0.1) is 0 Å². The molecule has 1 aromatic carbocycles. The molecule has 0 aliphatic heterocycles. The van der Waals surface area contributed by atoms with Crippen LogP contribution in [0.1, 0.15) is 26.3 Å². The van der Waals surface area contributed by atoms with Crippen molar-refractivity contribution in [3.05, 3.63) is 23.8 Å². The van der Waals surface area contributed by atoms with Crippen molar-refractivity contribution in [2.75, 3.05) is 0 Å². The molecule has 0 heterocycles. The van der Waals surface area contributed by atoms with Gasteiger partial charge in [0.2, 0.25) is 0 Å². The van der Waals surface area contributed by atoms with Crippen LogP contribution in [0.4, 0.5) is 0 Å². The van der Waals surface area contributed by atoms with E-state index in [1.807, 2.05) is 0 Å². The summed E-state index contributed by atoms with van der Waals surface area (Å²) < 4.78 is 0. The highest BCUT2D eigenvalue weighted by Crippen LogP contribution is 2.23. The molecule has 0 spiro atoms. The Morgan fingerprint density at radius 1 is 1.07 bits per heavy atom. The van der Waals surface area contributed by atoms with E-state index in [-0.39, 0.29) is 5.41 Å². The third-order valence-corrected chi connectivity index (χ3v) is 5.30. The third kappa shape index (κ3) is 3.12. The lowest BCUT2D eigenvalue weighted by Gasteiger charge is -2.25. The summed E-state index contributed by atoms with van der Waals surface area (Å²) in [6.07, 6.45) is 0. The van der Waals surface area contributed by atoms with Crippen LogP contribution in [0.25, 0.3) is 0 Å². The maximum Gasteiger partial charge on any atom is 0.0790 e. The SMILES string of the molecule is CC(C)(C)c1ccc(S)c([Si](C)(C)C)c1. The standard InChI is InChI=1S/C13H22SSi/c1-13(2,3)10-7-8-11(14)12(9-10)15(4,5)6/h7-9,14H,1-6H3. The second kappa shape index (κ2) is 3.98. The molecule has 15 heavy (non-hydrogen) atoms. The summed E-state index contributed by atoms with van der Waals surface area (Å²) in [4.78, 5) is 1.15. The largest absolute Gasteiger partial charge is 0.144 e. The Bertz CT molecular complexity index is 356. The van der Waals surface area contributed by atoms with Crippen molar-refractivity contribution in [3.8, 4) is 0 Å². The average Bonchev–Trinajstić information content (AvgIpc) is 2.00. The molecule has 0 saturated carbocycles. The van der Waals surface area contributed by atoms with Gasteiger partial charge in [0.1, 0.15) is 0 Å². The van der Waals surface area contributed by atoms with Gasteiger partial charge in [-0.15, -0.1) is 12.6 Å². The molecule has 0 fully saturated rings. The molecule has 0 aliphatic carbocycles. The fraction of sp³-hybridized carbons (Fsp3) is 0.538. The van der Waals surface area contributed by atoms with Crippen LogP contribution in [0.15, 0.2) is 23.1 Å². The van der Waals surface area contributed by atoms with E-state index >= 15 is 0 Å². The smallest absolute Gasteiger partial charge is 0.0790 e. The van der Waals surface area contributed by atoms with E-state index in [1.54, 1.807) is 0 Å². The van der Waals surface area contributed by atoms with Gasteiger partial charge in [0.15, 0.2) is 0 Å². The fourth-order valence-corrected chi connectivity index (χ4v) is 4.19. The van der Waals surface area contributed by atoms with Gasteiger partial charge in [0.25, 0.3) is 0 Å². The van der Waals surface area contributed by atoms with Gasteiger partial charge in [-0.1, -0.05) is 52.5 Å². The van der Waals surface area contributed by atoms with Gasteiger partial charge in [-0.3, -0.25) is 0 Å². The van der Waals surface area contributed by atoms with Crippen LogP contribution < -0.4 is 5.19 Å². The number of thiol groups is 1. The van der Waals surface area contributed by atoms with Gasteiger partial charge in [-0.05, 0) is 22.2 Å². The Morgan fingerprint density at radius 3 is 2.00 bits per heavy atom. The number of hydrogen-bond donors (Lipinski definition) is 1. The zero-order valence-electron chi connectivity index (χ0n) is 10.7. The highest BCUT2D eigenvalue weighted by atomic mass is 32.1. The first-order valence-corrected chi connectivity index (χ1v) is 9.41. The first-order valence-electron chi connectivity index (χ1n) is 5.46. The van der Waals surface area contributed by atoms with Crippen LogP contribution >= 0.6 is 12.6 Å². The van der Waals surface area contributed by atoms with Crippen molar-refractivity contribution >= 4 is 25.9 Å². The van der Waals surface area contributed by atoms with E-state index in [1.165, 1.54) is 10.8 Å². The Morgan fingerprint density at radius 2 is 1.60 bits per heavy atom. The molecule has 1 rings (SSSR count). The lowest BCUT2D eigenvalue weighted by atomic mass is 9.87. The zero-order chi connectivity index (χ0) is 11.9. The molecule has 0 aromatic heterocycles. The van der Waals surface area contributed by atoms with Crippen molar-refractivity contribution in [1.82, 2.24) is 0 Å². The summed E-state index contributed by atoms with van der Waals surface area (Å²) in [5, 5.41) is 1.47. The lowest BCUT2D eigenvalue weighted by molar-refractivity contribution is 0.590. The number of rotatable bonds is 1. The minimum Gasteiger partial charge on any atom is -0.144 e. The maximum atomic E-state index is 4.57. The molecular formula is C13H22SSi. The molecule has 0 radical (unpaired) electrons. The van der Waals surface area contributed by atoms with E-state index in [2.05, 4.69) is 71.2 Å². The van der Waals surface area contributed by atoms with Crippen molar-refractivity contribution in [2.45, 2.75) is 50.7 Å². The molecule has 84 valence electrons. The molecule has 0 saturated heterocycles. The molecule has 0 atom stereocenters. The minimum atomic E-state index is -1.26. The summed E-state index contributed by atoms with van der Waals surface area (Å²) >= 11 is 4.57. The Balaban J connectivity index is 3.30. The van der Waals surface area contributed by atoms with Crippen molar-refractivity contribution in [1.29, 1.82) is 0 Å². The second-order valence-corrected chi connectivity index (χ2v) is 11.8. The van der Waals surface area contributed by atoms with Crippen molar-refractivity contribution < 1.29 is 0 Å². The monoisotopic (exact) mass is 238 g/mol. The van der Waals surface area contributed by atoms with Crippen LogP contribution in [-0.4, -0.2) is 8.07 Å². The Hall–Kier alpha value is -0.213. The predicted octanol–water partition coefficient (Wildman–Crippen LogP) is 3.82. The van der Waals surface area contributed by atoms with Crippen LogP contribution in [0.2, 0.25) is 19.6 Å². The lowest BCUT2D eigenvalue weighted by Crippen LogP contribution is -2.39.